The van der Waals surface area contributed by atoms with Gasteiger partial charge in [-0.05, 0) is 31.1 Å². The van der Waals surface area contributed by atoms with Crippen LogP contribution >= 0.6 is 0 Å². The Hall–Kier alpha value is -1.10. The fraction of sp³-hybridized carbons (Fsp3) is 0.818. The van der Waals surface area contributed by atoms with E-state index in [2.05, 4.69) is 5.32 Å². The molecule has 0 aromatic heterocycles. The van der Waals surface area contributed by atoms with Crippen LogP contribution in [0.1, 0.15) is 25.7 Å². The molecule has 2 fully saturated rings. The molecule has 5 nitrogen and oxygen atoms in total. The molecule has 0 saturated heterocycles. The SMILES string of the molecule is O=C(O)C(O)CNC(=O)C1CC2CCC1C2. The Labute approximate surface area is 93.8 Å². The number of aliphatic carboxylic acids is 1. The topological polar surface area (TPSA) is 86.6 Å². The van der Waals surface area contributed by atoms with Gasteiger partial charge in [0.25, 0.3) is 0 Å². The third-order valence-corrected chi connectivity index (χ3v) is 3.83. The maximum absolute atomic E-state index is 11.7. The first-order valence-corrected chi connectivity index (χ1v) is 5.76. The van der Waals surface area contributed by atoms with Crippen molar-refractivity contribution in [3.63, 3.8) is 0 Å². The predicted molar refractivity (Wildman–Crippen MR) is 55.6 cm³/mol. The number of hydrogen-bond acceptors (Lipinski definition) is 3. The fourth-order valence-corrected chi connectivity index (χ4v) is 2.98. The lowest BCUT2D eigenvalue weighted by atomic mass is 9.88. The van der Waals surface area contributed by atoms with E-state index < -0.39 is 12.1 Å². The molecule has 0 aromatic carbocycles. The number of aliphatic hydroxyl groups is 1. The molecule has 3 N–H and O–H groups in total. The monoisotopic (exact) mass is 227 g/mol. The van der Waals surface area contributed by atoms with Crippen LogP contribution < -0.4 is 5.32 Å². The molecule has 2 saturated carbocycles. The van der Waals surface area contributed by atoms with Gasteiger partial charge < -0.3 is 15.5 Å². The molecule has 0 radical (unpaired) electrons. The van der Waals surface area contributed by atoms with Gasteiger partial charge in [0.1, 0.15) is 0 Å². The number of carbonyl (C=O) groups is 2. The van der Waals surface area contributed by atoms with Gasteiger partial charge in [-0.25, -0.2) is 4.79 Å². The molecule has 4 atom stereocenters. The predicted octanol–water partition coefficient (Wildman–Crippen LogP) is -0.0157. The maximum Gasteiger partial charge on any atom is 0.334 e. The first kappa shape index (κ1) is 11.4. The van der Waals surface area contributed by atoms with Crippen molar-refractivity contribution in [3.8, 4) is 0 Å². The molecule has 90 valence electrons. The zero-order chi connectivity index (χ0) is 11.7. The third-order valence-electron chi connectivity index (χ3n) is 3.83. The number of fused-ring (bicyclic) bond motifs is 2. The number of rotatable bonds is 4. The van der Waals surface area contributed by atoms with Crippen LogP contribution in [0.15, 0.2) is 0 Å². The molecule has 1 amide bonds. The van der Waals surface area contributed by atoms with Crippen LogP contribution in [0, 0.1) is 17.8 Å². The van der Waals surface area contributed by atoms with Gasteiger partial charge in [0.2, 0.25) is 5.91 Å². The van der Waals surface area contributed by atoms with Gasteiger partial charge in [0.15, 0.2) is 6.10 Å². The summed E-state index contributed by atoms with van der Waals surface area (Å²) in [5.41, 5.74) is 0. The van der Waals surface area contributed by atoms with Gasteiger partial charge in [-0.2, -0.15) is 0 Å². The average Bonchev–Trinajstić information content (AvgIpc) is 2.86. The molecule has 2 bridgehead atoms. The van der Waals surface area contributed by atoms with E-state index in [1.807, 2.05) is 0 Å². The summed E-state index contributed by atoms with van der Waals surface area (Å²) < 4.78 is 0. The van der Waals surface area contributed by atoms with E-state index in [1.54, 1.807) is 0 Å². The molecule has 5 heteroatoms. The van der Waals surface area contributed by atoms with Crippen LogP contribution in [0.3, 0.4) is 0 Å². The summed E-state index contributed by atoms with van der Waals surface area (Å²) in [6.07, 6.45) is 2.91. The summed E-state index contributed by atoms with van der Waals surface area (Å²) in [6, 6.07) is 0. The van der Waals surface area contributed by atoms with Crippen molar-refractivity contribution in [2.75, 3.05) is 6.54 Å². The molecule has 2 aliphatic rings. The van der Waals surface area contributed by atoms with Crippen molar-refractivity contribution in [2.24, 2.45) is 17.8 Å². The number of carboxylic acids is 1. The van der Waals surface area contributed by atoms with Crippen LogP contribution in [-0.2, 0) is 9.59 Å². The van der Waals surface area contributed by atoms with E-state index in [-0.39, 0.29) is 18.4 Å². The molecule has 0 aromatic rings. The lowest BCUT2D eigenvalue weighted by molar-refractivity contribution is -0.146. The van der Waals surface area contributed by atoms with Gasteiger partial charge in [0.05, 0.1) is 6.54 Å². The van der Waals surface area contributed by atoms with E-state index in [0.29, 0.717) is 11.8 Å². The minimum atomic E-state index is -1.50. The Kier molecular flexibility index (Phi) is 3.14. The van der Waals surface area contributed by atoms with Crippen LogP contribution in [0.5, 0.6) is 0 Å². The highest BCUT2D eigenvalue weighted by Gasteiger charge is 2.43. The Bertz CT molecular complexity index is 304. The van der Waals surface area contributed by atoms with Crippen LogP contribution in [0.25, 0.3) is 0 Å². The Morgan fingerprint density at radius 1 is 1.31 bits per heavy atom. The first-order valence-electron chi connectivity index (χ1n) is 5.76. The summed E-state index contributed by atoms with van der Waals surface area (Å²) in [6.45, 7) is -0.192. The second-order valence-corrected chi connectivity index (χ2v) is 4.88. The van der Waals surface area contributed by atoms with Crippen molar-refractivity contribution < 1.29 is 19.8 Å². The minimum Gasteiger partial charge on any atom is -0.479 e. The Balaban J connectivity index is 1.78. The molecule has 0 aliphatic heterocycles. The molecule has 4 unspecified atom stereocenters. The summed E-state index contributed by atoms with van der Waals surface area (Å²) >= 11 is 0. The summed E-state index contributed by atoms with van der Waals surface area (Å²) in [4.78, 5) is 22.1. The van der Waals surface area contributed by atoms with Gasteiger partial charge in [0, 0.05) is 5.92 Å². The number of carbonyl (C=O) groups excluding carboxylic acids is 1. The molecule has 2 aliphatic carbocycles. The van der Waals surface area contributed by atoms with E-state index in [4.69, 9.17) is 10.2 Å². The highest BCUT2D eigenvalue weighted by atomic mass is 16.4. The number of hydrogen-bond donors (Lipinski definition) is 3. The smallest absolute Gasteiger partial charge is 0.334 e. The molecule has 0 heterocycles. The average molecular weight is 227 g/mol. The van der Waals surface area contributed by atoms with Gasteiger partial charge in [-0.15, -0.1) is 0 Å². The third kappa shape index (κ3) is 2.19. The summed E-state index contributed by atoms with van der Waals surface area (Å²) in [5.74, 6) is -0.183. The Morgan fingerprint density at radius 2 is 2.06 bits per heavy atom. The first-order chi connectivity index (χ1) is 7.58. The number of nitrogens with one attached hydrogen (secondary N) is 1. The molecule has 2 rings (SSSR count). The van der Waals surface area contributed by atoms with Gasteiger partial charge in [-0.3, -0.25) is 4.79 Å². The second-order valence-electron chi connectivity index (χ2n) is 4.88. The normalized spacial score (nSPS) is 33.7. The lowest BCUT2D eigenvalue weighted by Crippen LogP contribution is -2.40. The van der Waals surface area contributed by atoms with Crippen molar-refractivity contribution in [1.82, 2.24) is 5.32 Å². The zero-order valence-corrected chi connectivity index (χ0v) is 9.06. The van der Waals surface area contributed by atoms with Crippen LogP contribution in [0.2, 0.25) is 0 Å². The Morgan fingerprint density at radius 3 is 2.56 bits per heavy atom. The van der Waals surface area contributed by atoms with E-state index in [1.165, 1.54) is 6.42 Å². The standard InChI is InChI=1S/C11H17NO4/c13-9(11(15)16)5-12-10(14)8-4-6-1-2-7(8)3-6/h6-9,13H,1-5H2,(H,12,14)(H,15,16). The lowest BCUT2D eigenvalue weighted by Gasteiger charge is -2.21. The van der Waals surface area contributed by atoms with Crippen molar-refractivity contribution in [3.05, 3.63) is 0 Å². The maximum atomic E-state index is 11.7. The van der Waals surface area contributed by atoms with E-state index >= 15 is 0 Å². The number of aliphatic hydroxyl groups excluding tert-OH is 1. The highest BCUT2D eigenvalue weighted by Crippen LogP contribution is 2.48. The molecular formula is C11H17NO4. The van der Waals surface area contributed by atoms with E-state index in [0.717, 1.165) is 19.3 Å². The fourth-order valence-electron chi connectivity index (χ4n) is 2.98. The van der Waals surface area contributed by atoms with Gasteiger partial charge in [-0.1, -0.05) is 6.42 Å². The number of carboxylic acid groups (broad SMARTS) is 1. The minimum absolute atomic E-state index is 0.0414. The van der Waals surface area contributed by atoms with E-state index in [9.17, 15) is 9.59 Å². The van der Waals surface area contributed by atoms with Crippen molar-refractivity contribution in [2.45, 2.75) is 31.8 Å². The molecule has 16 heavy (non-hydrogen) atoms. The quantitative estimate of drug-likeness (QED) is 0.630. The second kappa shape index (κ2) is 4.41. The van der Waals surface area contributed by atoms with Crippen molar-refractivity contribution in [1.29, 1.82) is 0 Å². The zero-order valence-electron chi connectivity index (χ0n) is 9.06. The van der Waals surface area contributed by atoms with Gasteiger partial charge >= 0.3 is 5.97 Å². The van der Waals surface area contributed by atoms with Crippen LogP contribution in [-0.4, -0.2) is 34.7 Å². The molecule has 0 spiro atoms. The number of amides is 1. The summed E-state index contributed by atoms with van der Waals surface area (Å²) in [5, 5.41) is 20.0. The summed E-state index contributed by atoms with van der Waals surface area (Å²) in [7, 11) is 0. The largest absolute Gasteiger partial charge is 0.479 e. The van der Waals surface area contributed by atoms with Crippen molar-refractivity contribution >= 4 is 11.9 Å². The molecular weight excluding hydrogens is 210 g/mol. The van der Waals surface area contributed by atoms with Crippen LogP contribution in [0.4, 0.5) is 0 Å². The highest BCUT2D eigenvalue weighted by molar-refractivity contribution is 5.80.